The fourth-order valence-electron chi connectivity index (χ4n) is 5.61. The summed E-state index contributed by atoms with van der Waals surface area (Å²) in [5.74, 6) is -4.81. The Balaban J connectivity index is 1.52. The Morgan fingerprint density at radius 2 is 1.62 bits per heavy atom. The van der Waals surface area contributed by atoms with E-state index in [1.807, 2.05) is 6.07 Å². The van der Waals surface area contributed by atoms with Gasteiger partial charge in [-0.2, -0.15) is 13.2 Å². The summed E-state index contributed by atoms with van der Waals surface area (Å²) in [6.07, 6.45) is -3.14. The summed E-state index contributed by atoms with van der Waals surface area (Å²) in [5.41, 5.74) is 0.667. The van der Waals surface area contributed by atoms with Gasteiger partial charge in [-0.25, -0.2) is 8.78 Å². The molecule has 1 heterocycles. The van der Waals surface area contributed by atoms with Crippen LogP contribution in [0, 0.1) is 11.8 Å². The molecular formula is C28H34F5NO3. The van der Waals surface area contributed by atoms with Crippen molar-refractivity contribution in [1.82, 2.24) is 4.90 Å². The van der Waals surface area contributed by atoms with E-state index in [9.17, 15) is 26.7 Å². The Morgan fingerprint density at radius 1 is 0.946 bits per heavy atom. The summed E-state index contributed by atoms with van der Waals surface area (Å²) in [6.45, 7) is 4.94. The second-order valence-electron chi connectivity index (χ2n) is 10.3. The van der Waals surface area contributed by atoms with Crippen molar-refractivity contribution in [1.29, 1.82) is 0 Å². The van der Waals surface area contributed by atoms with Crippen LogP contribution in [0.4, 0.5) is 22.0 Å². The van der Waals surface area contributed by atoms with Gasteiger partial charge in [0, 0.05) is 13.5 Å². The number of fused-ring (bicyclic) bond motifs is 1. The van der Waals surface area contributed by atoms with Crippen molar-refractivity contribution >= 4 is 16.7 Å². The Hall–Kier alpha value is -2.42. The maximum atomic E-state index is 14.9. The summed E-state index contributed by atoms with van der Waals surface area (Å²) in [7, 11) is 0. The van der Waals surface area contributed by atoms with Crippen LogP contribution in [0.3, 0.4) is 0 Å². The van der Waals surface area contributed by atoms with Gasteiger partial charge in [0.15, 0.2) is 0 Å². The predicted molar refractivity (Wildman–Crippen MR) is 131 cm³/mol. The number of hydrogen-bond donors (Lipinski definition) is 0. The van der Waals surface area contributed by atoms with Gasteiger partial charge in [-0.15, -0.1) is 0 Å². The molecule has 0 aromatic heterocycles. The van der Waals surface area contributed by atoms with Crippen LogP contribution in [0.2, 0.25) is 0 Å². The van der Waals surface area contributed by atoms with Gasteiger partial charge in [0.05, 0.1) is 30.1 Å². The number of halogens is 5. The van der Waals surface area contributed by atoms with E-state index < -0.39 is 24.1 Å². The fraction of sp³-hybridized carbons (Fsp3) is 0.607. The molecule has 9 heteroatoms. The Bertz CT molecular complexity index is 1080. The molecule has 2 aromatic rings. The van der Waals surface area contributed by atoms with Gasteiger partial charge >= 0.3 is 12.1 Å². The number of esters is 1. The van der Waals surface area contributed by atoms with E-state index >= 15 is 0 Å². The molecule has 2 aromatic carbocycles. The maximum Gasteiger partial charge on any atom is 0.391 e. The first-order valence-corrected chi connectivity index (χ1v) is 13.0. The van der Waals surface area contributed by atoms with Crippen LogP contribution in [-0.2, 0) is 22.0 Å². The molecular weight excluding hydrogens is 493 g/mol. The lowest BCUT2D eigenvalue weighted by Gasteiger charge is -2.32. The molecule has 4 rings (SSSR count). The Labute approximate surface area is 214 Å². The zero-order valence-corrected chi connectivity index (χ0v) is 21.3. The lowest BCUT2D eigenvalue weighted by molar-refractivity contribution is -0.185. The highest BCUT2D eigenvalue weighted by molar-refractivity contribution is 5.91. The highest BCUT2D eigenvalue weighted by Gasteiger charge is 2.42. The van der Waals surface area contributed by atoms with Crippen molar-refractivity contribution in [2.75, 3.05) is 19.7 Å². The zero-order chi connectivity index (χ0) is 26.8. The van der Waals surface area contributed by atoms with E-state index in [4.69, 9.17) is 9.47 Å². The van der Waals surface area contributed by atoms with E-state index in [1.54, 1.807) is 25.1 Å². The van der Waals surface area contributed by atoms with Crippen LogP contribution in [0.25, 0.3) is 10.8 Å². The maximum absolute atomic E-state index is 14.9. The molecule has 2 fully saturated rings. The van der Waals surface area contributed by atoms with Crippen molar-refractivity contribution in [2.45, 2.75) is 77.1 Å². The van der Waals surface area contributed by atoms with Crippen molar-refractivity contribution < 1.29 is 36.2 Å². The monoisotopic (exact) mass is 527 g/mol. The molecule has 0 spiro atoms. The highest BCUT2D eigenvalue weighted by atomic mass is 19.4. The van der Waals surface area contributed by atoms with E-state index in [-0.39, 0.29) is 48.9 Å². The lowest BCUT2D eigenvalue weighted by Crippen LogP contribution is -2.36. The molecule has 204 valence electrons. The minimum atomic E-state index is -4.24. The van der Waals surface area contributed by atoms with Crippen molar-refractivity contribution in [2.24, 2.45) is 11.8 Å². The molecule has 0 bridgehead atoms. The van der Waals surface area contributed by atoms with E-state index in [0.717, 1.165) is 12.5 Å². The number of benzene rings is 2. The lowest BCUT2D eigenvalue weighted by atomic mass is 9.87. The summed E-state index contributed by atoms with van der Waals surface area (Å²) in [5, 5.41) is 1.08. The van der Waals surface area contributed by atoms with Gasteiger partial charge < -0.3 is 9.47 Å². The number of likely N-dealkylation sites (tertiary alicyclic amines) is 1. The number of ether oxygens (including phenoxy) is 2. The zero-order valence-electron chi connectivity index (χ0n) is 21.3. The van der Waals surface area contributed by atoms with Crippen LogP contribution < -0.4 is 4.74 Å². The van der Waals surface area contributed by atoms with Crippen LogP contribution in [0.15, 0.2) is 30.3 Å². The van der Waals surface area contributed by atoms with Crippen LogP contribution in [0.1, 0.15) is 63.5 Å². The third-order valence-electron chi connectivity index (χ3n) is 7.58. The molecule has 0 radical (unpaired) electrons. The van der Waals surface area contributed by atoms with Crippen molar-refractivity contribution in [3.05, 3.63) is 41.5 Å². The average Bonchev–Trinajstić information content (AvgIpc) is 2.83. The molecule has 0 amide bonds. The molecule has 4 nitrogen and oxygen atoms in total. The minimum Gasteiger partial charge on any atom is -0.490 e. The van der Waals surface area contributed by atoms with Gasteiger partial charge in [0.2, 0.25) is 0 Å². The number of piperidine rings is 1. The normalized spacial score (nSPS) is 22.2. The number of alkyl halides is 5. The third kappa shape index (κ3) is 6.54. The number of hydrogen-bond acceptors (Lipinski definition) is 4. The van der Waals surface area contributed by atoms with Gasteiger partial charge in [0.1, 0.15) is 5.75 Å². The molecule has 1 saturated carbocycles. The quantitative estimate of drug-likeness (QED) is 0.281. The van der Waals surface area contributed by atoms with E-state index in [2.05, 4.69) is 4.90 Å². The summed E-state index contributed by atoms with van der Waals surface area (Å²) in [6, 6.07) is 8.60. The Kier molecular flexibility index (Phi) is 8.31. The number of carbonyl (C=O) groups is 1. The van der Waals surface area contributed by atoms with E-state index in [0.29, 0.717) is 49.9 Å². The number of nitrogens with zero attached hydrogens (tertiary/aromatic N) is 1. The molecule has 1 aliphatic carbocycles. The largest absolute Gasteiger partial charge is 0.490 e. The molecule has 37 heavy (non-hydrogen) atoms. The van der Waals surface area contributed by atoms with Crippen LogP contribution >= 0.6 is 0 Å². The van der Waals surface area contributed by atoms with Crippen LogP contribution in [0.5, 0.6) is 5.75 Å². The highest BCUT2D eigenvalue weighted by Crippen LogP contribution is 2.43. The predicted octanol–water partition coefficient (Wildman–Crippen LogP) is 7.23. The smallest absolute Gasteiger partial charge is 0.391 e. The average molecular weight is 528 g/mol. The van der Waals surface area contributed by atoms with Crippen molar-refractivity contribution in [3.63, 3.8) is 0 Å². The van der Waals surface area contributed by atoms with Crippen molar-refractivity contribution in [3.8, 4) is 5.75 Å². The number of rotatable bonds is 7. The van der Waals surface area contributed by atoms with Crippen LogP contribution in [-0.4, -0.2) is 42.8 Å². The van der Waals surface area contributed by atoms with Gasteiger partial charge in [-0.3, -0.25) is 9.69 Å². The van der Waals surface area contributed by atoms with E-state index in [1.165, 1.54) is 6.07 Å². The first-order valence-electron chi connectivity index (χ1n) is 13.0. The fourth-order valence-corrected chi connectivity index (χ4v) is 5.61. The summed E-state index contributed by atoms with van der Waals surface area (Å²) < 4.78 is 79.9. The second kappa shape index (κ2) is 11.1. The minimum absolute atomic E-state index is 0.0304. The second-order valence-corrected chi connectivity index (χ2v) is 10.3. The summed E-state index contributed by atoms with van der Waals surface area (Å²) in [4.78, 5) is 14.2. The molecule has 0 N–H and O–H groups in total. The van der Waals surface area contributed by atoms with Gasteiger partial charge in [0.25, 0.3) is 5.92 Å². The molecule has 0 unspecified atom stereocenters. The first-order chi connectivity index (χ1) is 17.5. The molecule has 1 aliphatic heterocycles. The standard InChI is InChI=1S/C28H34F5NO3/c1-3-36-26(35)18-13-15-34(16-14-18)17-19-5-4-6-23-22(19)11-12-24(25(23)27(2,29)30)37-21-9-7-20(8-10-21)28(31,32)33/h4-6,11-12,18,20-21H,3,7-10,13-17H2,1-2H3. The molecule has 2 aliphatic rings. The SMILES string of the molecule is CCOC(=O)C1CCN(Cc2cccc3c(C(C)(F)F)c(OC4CCC(C(F)(F)F)CC4)ccc23)CC1. The molecule has 1 saturated heterocycles. The van der Waals surface area contributed by atoms with Gasteiger partial charge in [-0.05, 0) is 80.9 Å². The van der Waals surface area contributed by atoms with Gasteiger partial charge in [-0.1, -0.05) is 24.3 Å². The third-order valence-corrected chi connectivity index (χ3v) is 7.58. The number of carbonyl (C=O) groups excluding carboxylic acids is 1. The first kappa shape index (κ1) is 27.6. The molecule has 0 atom stereocenters. The summed E-state index contributed by atoms with van der Waals surface area (Å²) >= 11 is 0. The topological polar surface area (TPSA) is 38.8 Å². The Morgan fingerprint density at radius 3 is 2.22 bits per heavy atom.